The highest BCUT2D eigenvalue weighted by molar-refractivity contribution is 5.91. The van der Waals surface area contributed by atoms with Gasteiger partial charge in [0.05, 0.1) is 17.6 Å². The molecule has 1 amide bonds. The van der Waals surface area contributed by atoms with Gasteiger partial charge in [-0.15, -0.1) is 0 Å². The standard InChI is InChI=1S/C25H27N3O/c1-18-11-14-28(15-12-18)25(29)23(9-8-19-4-2-5-20(16-19)17-26)21-6-3-7-24-22(21)10-13-27-24/h2-7,10,13,16,18,23,27H,8-9,11-12,14-15H2,1H3. The Labute approximate surface area is 172 Å². The fraction of sp³-hybridized carbons (Fsp3) is 0.360. The van der Waals surface area contributed by atoms with Crippen LogP contribution in [0.5, 0.6) is 0 Å². The largest absolute Gasteiger partial charge is 0.361 e. The van der Waals surface area contributed by atoms with Crippen LogP contribution in [0.3, 0.4) is 0 Å². The lowest BCUT2D eigenvalue weighted by Crippen LogP contribution is -2.40. The molecule has 0 saturated carbocycles. The average Bonchev–Trinajstić information content (AvgIpc) is 3.24. The molecule has 0 spiro atoms. The summed E-state index contributed by atoms with van der Waals surface area (Å²) in [6.45, 7) is 3.97. The van der Waals surface area contributed by atoms with Crippen molar-refractivity contribution in [1.29, 1.82) is 5.26 Å². The van der Waals surface area contributed by atoms with Gasteiger partial charge in [-0.1, -0.05) is 31.2 Å². The van der Waals surface area contributed by atoms with Gasteiger partial charge in [-0.2, -0.15) is 5.26 Å². The quantitative estimate of drug-likeness (QED) is 0.671. The zero-order chi connectivity index (χ0) is 20.2. The van der Waals surface area contributed by atoms with E-state index < -0.39 is 0 Å². The number of carbonyl (C=O) groups excluding carboxylic acids is 1. The topological polar surface area (TPSA) is 59.9 Å². The van der Waals surface area contributed by atoms with Gasteiger partial charge in [0.15, 0.2) is 0 Å². The summed E-state index contributed by atoms with van der Waals surface area (Å²) in [7, 11) is 0. The number of rotatable bonds is 5. The Kier molecular flexibility index (Phi) is 5.67. The summed E-state index contributed by atoms with van der Waals surface area (Å²) in [6, 6.07) is 18.2. The first-order valence-electron chi connectivity index (χ1n) is 10.5. The fourth-order valence-electron chi connectivity index (χ4n) is 4.38. The third-order valence-electron chi connectivity index (χ3n) is 6.18. The first-order valence-corrected chi connectivity index (χ1v) is 10.5. The van der Waals surface area contributed by atoms with E-state index >= 15 is 0 Å². The number of aromatic amines is 1. The van der Waals surface area contributed by atoms with Gasteiger partial charge in [0.2, 0.25) is 5.91 Å². The van der Waals surface area contributed by atoms with Crippen molar-refractivity contribution >= 4 is 16.8 Å². The SMILES string of the molecule is CC1CCN(C(=O)C(CCc2cccc(C#N)c2)c2cccc3[nH]ccc23)CC1. The van der Waals surface area contributed by atoms with Crippen molar-refractivity contribution in [1.82, 2.24) is 9.88 Å². The molecule has 0 radical (unpaired) electrons. The summed E-state index contributed by atoms with van der Waals surface area (Å²) in [4.78, 5) is 18.9. The Morgan fingerprint density at radius 1 is 1.21 bits per heavy atom. The van der Waals surface area contributed by atoms with Gasteiger partial charge in [0, 0.05) is 30.2 Å². The minimum atomic E-state index is -0.173. The summed E-state index contributed by atoms with van der Waals surface area (Å²) >= 11 is 0. The normalized spacial score (nSPS) is 15.9. The smallest absolute Gasteiger partial charge is 0.230 e. The van der Waals surface area contributed by atoms with Crippen molar-refractivity contribution in [2.75, 3.05) is 13.1 Å². The maximum atomic E-state index is 13.6. The molecule has 4 rings (SSSR count). The van der Waals surface area contributed by atoms with Gasteiger partial charge in [0.25, 0.3) is 0 Å². The predicted molar refractivity (Wildman–Crippen MR) is 115 cm³/mol. The van der Waals surface area contributed by atoms with E-state index in [9.17, 15) is 10.1 Å². The van der Waals surface area contributed by atoms with Gasteiger partial charge in [-0.25, -0.2) is 0 Å². The molecule has 1 aromatic heterocycles. The number of amides is 1. The molecule has 1 fully saturated rings. The molecule has 1 atom stereocenters. The second-order valence-corrected chi connectivity index (χ2v) is 8.20. The number of H-pyrrole nitrogens is 1. The molecule has 4 heteroatoms. The minimum Gasteiger partial charge on any atom is -0.361 e. The molecule has 0 bridgehead atoms. The highest BCUT2D eigenvalue weighted by Crippen LogP contribution is 2.32. The van der Waals surface area contributed by atoms with Crippen molar-refractivity contribution in [3.8, 4) is 6.07 Å². The van der Waals surface area contributed by atoms with Crippen LogP contribution in [0.2, 0.25) is 0 Å². The molecule has 1 N–H and O–H groups in total. The van der Waals surface area contributed by atoms with Crippen LogP contribution in [0.25, 0.3) is 10.9 Å². The van der Waals surface area contributed by atoms with Crippen LogP contribution < -0.4 is 0 Å². The summed E-state index contributed by atoms with van der Waals surface area (Å²) in [5, 5.41) is 10.3. The van der Waals surface area contributed by atoms with Crippen molar-refractivity contribution < 1.29 is 4.79 Å². The molecule has 2 heterocycles. The molecule has 29 heavy (non-hydrogen) atoms. The summed E-state index contributed by atoms with van der Waals surface area (Å²) < 4.78 is 0. The molecule has 148 valence electrons. The number of hydrogen-bond donors (Lipinski definition) is 1. The molecular formula is C25H27N3O. The van der Waals surface area contributed by atoms with Gasteiger partial charge < -0.3 is 9.88 Å². The van der Waals surface area contributed by atoms with Crippen LogP contribution in [0.4, 0.5) is 0 Å². The van der Waals surface area contributed by atoms with Gasteiger partial charge in [0.1, 0.15) is 0 Å². The number of nitriles is 1. The molecular weight excluding hydrogens is 358 g/mol. The van der Waals surface area contributed by atoms with Crippen LogP contribution >= 0.6 is 0 Å². The molecule has 2 aromatic carbocycles. The summed E-state index contributed by atoms with van der Waals surface area (Å²) in [5.41, 5.74) is 3.95. The number of hydrogen-bond acceptors (Lipinski definition) is 2. The summed E-state index contributed by atoms with van der Waals surface area (Å²) in [5.74, 6) is 0.759. The van der Waals surface area contributed by atoms with E-state index in [0.29, 0.717) is 11.5 Å². The van der Waals surface area contributed by atoms with Crippen molar-refractivity contribution in [2.24, 2.45) is 5.92 Å². The van der Waals surface area contributed by atoms with E-state index in [1.165, 1.54) is 0 Å². The number of aryl methyl sites for hydroxylation is 1. The average molecular weight is 386 g/mol. The lowest BCUT2D eigenvalue weighted by molar-refractivity contribution is -0.134. The number of likely N-dealkylation sites (tertiary alicyclic amines) is 1. The molecule has 1 aliphatic rings. The van der Waals surface area contributed by atoms with Crippen LogP contribution in [0.15, 0.2) is 54.7 Å². The number of nitrogens with one attached hydrogen (secondary N) is 1. The summed E-state index contributed by atoms with van der Waals surface area (Å²) in [6.07, 6.45) is 5.61. The van der Waals surface area contributed by atoms with Crippen molar-refractivity contribution in [3.05, 3.63) is 71.4 Å². The Balaban J connectivity index is 1.62. The third-order valence-corrected chi connectivity index (χ3v) is 6.18. The molecule has 1 saturated heterocycles. The molecule has 3 aromatic rings. The van der Waals surface area contributed by atoms with Gasteiger partial charge in [-0.3, -0.25) is 4.79 Å². The van der Waals surface area contributed by atoms with E-state index in [-0.39, 0.29) is 11.8 Å². The molecule has 1 unspecified atom stereocenters. The minimum absolute atomic E-state index is 0.173. The maximum Gasteiger partial charge on any atom is 0.230 e. The highest BCUT2D eigenvalue weighted by atomic mass is 16.2. The highest BCUT2D eigenvalue weighted by Gasteiger charge is 2.29. The lowest BCUT2D eigenvalue weighted by atomic mass is 9.87. The van der Waals surface area contributed by atoms with E-state index in [4.69, 9.17) is 0 Å². The van der Waals surface area contributed by atoms with E-state index in [0.717, 1.165) is 60.8 Å². The second-order valence-electron chi connectivity index (χ2n) is 8.20. The zero-order valence-electron chi connectivity index (χ0n) is 16.9. The van der Waals surface area contributed by atoms with E-state index in [2.05, 4.69) is 41.1 Å². The Morgan fingerprint density at radius 2 is 2.00 bits per heavy atom. The predicted octanol–water partition coefficient (Wildman–Crippen LogP) is 5.01. The number of nitrogens with zero attached hydrogens (tertiary/aromatic N) is 2. The monoisotopic (exact) mass is 385 g/mol. The molecule has 0 aliphatic carbocycles. The van der Waals surface area contributed by atoms with Crippen LogP contribution in [0, 0.1) is 17.2 Å². The van der Waals surface area contributed by atoms with E-state index in [1.54, 1.807) is 0 Å². The number of benzene rings is 2. The molecule has 1 aliphatic heterocycles. The number of fused-ring (bicyclic) bond motifs is 1. The fourth-order valence-corrected chi connectivity index (χ4v) is 4.38. The third kappa shape index (κ3) is 4.19. The van der Waals surface area contributed by atoms with Crippen LogP contribution in [-0.2, 0) is 11.2 Å². The second kappa shape index (κ2) is 8.53. The van der Waals surface area contributed by atoms with Crippen LogP contribution in [0.1, 0.15) is 48.8 Å². The van der Waals surface area contributed by atoms with Crippen LogP contribution in [-0.4, -0.2) is 28.9 Å². The van der Waals surface area contributed by atoms with Crippen molar-refractivity contribution in [3.63, 3.8) is 0 Å². The number of aromatic nitrogens is 1. The number of carbonyl (C=O) groups is 1. The molecule has 4 nitrogen and oxygen atoms in total. The first kappa shape index (κ1) is 19.3. The Bertz CT molecular complexity index is 1040. The lowest BCUT2D eigenvalue weighted by Gasteiger charge is -2.33. The van der Waals surface area contributed by atoms with E-state index in [1.807, 2.05) is 36.5 Å². The Morgan fingerprint density at radius 3 is 2.79 bits per heavy atom. The first-order chi connectivity index (χ1) is 14.2. The zero-order valence-corrected chi connectivity index (χ0v) is 16.9. The maximum absolute atomic E-state index is 13.6. The number of piperidine rings is 1. The van der Waals surface area contributed by atoms with Gasteiger partial charge in [-0.05, 0) is 67.0 Å². The van der Waals surface area contributed by atoms with Gasteiger partial charge >= 0.3 is 0 Å². The Hall–Kier alpha value is -3.06. The van der Waals surface area contributed by atoms with Crippen molar-refractivity contribution in [2.45, 2.75) is 38.5 Å².